The Balaban J connectivity index is 2.20. The van der Waals surface area contributed by atoms with Gasteiger partial charge in [-0.15, -0.1) is 5.10 Å². The molecule has 20 heavy (non-hydrogen) atoms. The van der Waals surface area contributed by atoms with Crippen LogP contribution in [-0.2, 0) is 7.05 Å². The number of para-hydroxylation sites is 1. The lowest BCUT2D eigenvalue weighted by Crippen LogP contribution is -2.14. The quantitative estimate of drug-likeness (QED) is 0.905. The van der Waals surface area contributed by atoms with Crippen LogP contribution in [0.1, 0.15) is 32.4 Å². The Morgan fingerprint density at radius 2 is 1.95 bits per heavy atom. The van der Waals surface area contributed by atoms with E-state index in [0.717, 1.165) is 11.3 Å². The Labute approximate surface area is 127 Å². The maximum absolute atomic E-state index is 5.85. The number of aromatic nitrogens is 3. The predicted octanol–water partition coefficient (Wildman–Crippen LogP) is 3.54. The molecule has 1 heterocycles. The van der Waals surface area contributed by atoms with E-state index >= 15 is 0 Å². The molecular weight excluding hydrogens is 320 g/mol. The van der Waals surface area contributed by atoms with Crippen LogP contribution >= 0.6 is 15.9 Å². The molecule has 0 aliphatic carbocycles. The van der Waals surface area contributed by atoms with Crippen LogP contribution in [0.5, 0.6) is 5.75 Å². The summed E-state index contributed by atoms with van der Waals surface area (Å²) < 4.78 is 8.12. The fourth-order valence-electron chi connectivity index (χ4n) is 1.95. The van der Waals surface area contributed by atoms with Gasteiger partial charge in [0.25, 0.3) is 0 Å². The van der Waals surface area contributed by atoms with Crippen LogP contribution in [0.4, 0.5) is 5.95 Å². The van der Waals surface area contributed by atoms with Gasteiger partial charge in [0.2, 0.25) is 10.7 Å². The van der Waals surface area contributed by atoms with Crippen LogP contribution in [0, 0.1) is 0 Å². The minimum absolute atomic E-state index is 0.0692. The highest BCUT2D eigenvalue weighted by atomic mass is 79.9. The molecule has 5 nitrogen and oxygen atoms in total. The maximum atomic E-state index is 5.85. The molecule has 0 radical (unpaired) electrons. The fourth-order valence-corrected chi connectivity index (χ4v) is 2.36. The highest BCUT2D eigenvalue weighted by Gasteiger charge is 2.14. The van der Waals surface area contributed by atoms with Crippen molar-refractivity contribution >= 4 is 21.9 Å². The lowest BCUT2D eigenvalue weighted by Gasteiger charge is -2.19. The van der Waals surface area contributed by atoms with Crippen molar-refractivity contribution < 1.29 is 4.74 Å². The summed E-state index contributed by atoms with van der Waals surface area (Å²) in [5, 5.41) is 7.50. The van der Waals surface area contributed by atoms with Crippen molar-refractivity contribution in [3.8, 4) is 5.75 Å². The van der Waals surface area contributed by atoms with E-state index in [1.54, 1.807) is 4.68 Å². The van der Waals surface area contributed by atoms with E-state index in [4.69, 9.17) is 4.74 Å². The Kier molecular flexibility index (Phi) is 4.65. The lowest BCUT2D eigenvalue weighted by molar-refractivity contribution is 0.239. The summed E-state index contributed by atoms with van der Waals surface area (Å²) in [6.45, 7) is 6.12. The van der Waals surface area contributed by atoms with Crippen molar-refractivity contribution in [2.45, 2.75) is 32.9 Å². The smallest absolute Gasteiger partial charge is 0.222 e. The average molecular weight is 339 g/mol. The number of rotatable bonds is 5. The molecule has 0 bridgehead atoms. The predicted molar refractivity (Wildman–Crippen MR) is 82.9 cm³/mol. The van der Waals surface area contributed by atoms with E-state index in [1.807, 2.05) is 39.1 Å². The van der Waals surface area contributed by atoms with Gasteiger partial charge in [0, 0.05) is 12.6 Å². The van der Waals surface area contributed by atoms with Crippen LogP contribution < -0.4 is 10.1 Å². The molecule has 2 rings (SSSR count). The molecule has 2 aromatic rings. The normalized spacial score (nSPS) is 12.5. The number of nitrogens with zero attached hydrogens (tertiary/aromatic N) is 3. The summed E-state index contributed by atoms with van der Waals surface area (Å²) >= 11 is 3.27. The van der Waals surface area contributed by atoms with E-state index in [2.05, 4.69) is 44.3 Å². The van der Waals surface area contributed by atoms with Crippen molar-refractivity contribution in [3.05, 3.63) is 34.6 Å². The molecule has 0 spiro atoms. The van der Waals surface area contributed by atoms with Crippen LogP contribution in [0.15, 0.2) is 29.0 Å². The number of hydrogen-bond acceptors (Lipinski definition) is 4. The van der Waals surface area contributed by atoms with Crippen LogP contribution in [-0.4, -0.2) is 20.9 Å². The molecule has 1 aromatic heterocycles. The number of benzene rings is 1. The van der Waals surface area contributed by atoms with Gasteiger partial charge in [-0.2, -0.15) is 4.98 Å². The zero-order chi connectivity index (χ0) is 14.7. The zero-order valence-corrected chi connectivity index (χ0v) is 13.7. The highest BCUT2D eigenvalue weighted by molar-refractivity contribution is 9.10. The monoisotopic (exact) mass is 338 g/mol. The van der Waals surface area contributed by atoms with Crippen molar-refractivity contribution in [3.63, 3.8) is 0 Å². The number of halogens is 1. The second-order valence-corrected chi connectivity index (χ2v) is 5.61. The fraction of sp³-hybridized carbons (Fsp3) is 0.429. The van der Waals surface area contributed by atoms with Gasteiger partial charge in [-0.05, 0) is 42.8 Å². The third-order valence-electron chi connectivity index (χ3n) is 2.83. The zero-order valence-electron chi connectivity index (χ0n) is 12.1. The number of anilines is 1. The van der Waals surface area contributed by atoms with Gasteiger partial charge in [0.05, 0.1) is 12.1 Å². The first kappa shape index (κ1) is 14.8. The lowest BCUT2D eigenvalue weighted by atomic mass is 10.1. The summed E-state index contributed by atoms with van der Waals surface area (Å²) in [4.78, 5) is 4.28. The summed E-state index contributed by atoms with van der Waals surface area (Å²) in [5.74, 6) is 1.60. The van der Waals surface area contributed by atoms with Crippen LogP contribution in [0.2, 0.25) is 0 Å². The highest BCUT2D eigenvalue weighted by Crippen LogP contribution is 2.28. The largest absolute Gasteiger partial charge is 0.491 e. The number of nitrogens with one attached hydrogen (secondary N) is 1. The summed E-state index contributed by atoms with van der Waals surface area (Å²) in [5.41, 5.74) is 1.10. The molecule has 0 aliphatic rings. The Morgan fingerprint density at radius 1 is 1.25 bits per heavy atom. The molecule has 0 amide bonds. The van der Waals surface area contributed by atoms with Crippen LogP contribution in [0.3, 0.4) is 0 Å². The molecule has 1 N–H and O–H groups in total. The summed E-state index contributed by atoms with van der Waals surface area (Å²) in [6, 6.07) is 8.10. The number of ether oxygens (including phenoxy) is 1. The molecule has 1 aromatic carbocycles. The van der Waals surface area contributed by atoms with Gasteiger partial charge >= 0.3 is 0 Å². The van der Waals surface area contributed by atoms with Crippen molar-refractivity contribution in [2.75, 3.05) is 5.32 Å². The molecule has 6 heteroatoms. The van der Waals surface area contributed by atoms with Gasteiger partial charge in [0.15, 0.2) is 0 Å². The Hall–Kier alpha value is -1.56. The molecule has 0 saturated carbocycles. The minimum Gasteiger partial charge on any atom is -0.491 e. The van der Waals surface area contributed by atoms with Crippen molar-refractivity contribution in [1.82, 2.24) is 14.8 Å². The molecule has 0 aliphatic heterocycles. The molecule has 0 unspecified atom stereocenters. The van der Waals surface area contributed by atoms with Gasteiger partial charge in [-0.1, -0.05) is 18.2 Å². The van der Waals surface area contributed by atoms with E-state index in [0.29, 0.717) is 10.7 Å². The number of aryl methyl sites for hydroxylation is 1. The minimum atomic E-state index is 0.0692. The summed E-state index contributed by atoms with van der Waals surface area (Å²) in [7, 11) is 1.85. The second-order valence-electron chi connectivity index (χ2n) is 4.90. The van der Waals surface area contributed by atoms with Gasteiger partial charge < -0.3 is 10.1 Å². The molecule has 108 valence electrons. The van der Waals surface area contributed by atoms with E-state index in [9.17, 15) is 0 Å². The maximum Gasteiger partial charge on any atom is 0.222 e. The number of hydrogen-bond donors (Lipinski definition) is 1. The van der Waals surface area contributed by atoms with Crippen molar-refractivity contribution in [2.24, 2.45) is 7.05 Å². The molecule has 0 saturated heterocycles. The average Bonchev–Trinajstić information content (AvgIpc) is 2.67. The Bertz CT molecular complexity index is 582. The first-order valence-corrected chi connectivity index (χ1v) is 7.35. The van der Waals surface area contributed by atoms with Gasteiger partial charge in [0.1, 0.15) is 5.75 Å². The molecule has 0 fully saturated rings. The van der Waals surface area contributed by atoms with Gasteiger partial charge in [-0.25, -0.2) is 4.68 Å². The van der Waals surface area contributed by atoms with Crippen LogP contribution in [0.25, 0.3) is 0 Å². The third-order valence-corrected chi connectivity index (χ3v) is 3.17. The van der Waals surface area contributed by atoms with Gasteiger partial charge in [-0.3, -0.25) is 0 Å². The second kappa shape index (κ2) is 6.26. The third kappa shape index (κ3) is 3.50. The Morgan fingerprint density at radius 3 is 2.55 bits per heavy atom. The first-order chi connectivity index (χ1) is 9.47. The first-order valence-electron chi connectivity index (χ1n) is 6.56. The van der Waals surface area contributed by atoms with E-state index < -0.39 is 0 Å². The summed E-state index contributed by atoms with van der Waals surface area (Å²) in [6.07, 6.45) is 0.146. The standard InChI is InChI=1S/C14H19BrN4O/c1-9(2)20-12-8-6-5-7-11(12)10(3)16-14-17-13(15)18-19(14)4/h5-10H,1-4H3,(H,16,17,18)/t10-/m0/s1. The van der Waals surface area contributed by atoms with E-state index in [-0.39, 0.29) is 12.1 Å². The SMILES string of the molecule is CC(C)Oc1ccccc1[C@H](C)Nc1nc(Br)nn1C. The molecule has 1 atom stereocenters. The topological polar surface area (TPSA) is 52.0 Å². The van der Waals surface area contributed by atoms with E-state index in [1.165, 1.54) is 0 Å². The molecular formula is C14H19BrN4O. The van der Waals surface area contributed by atoms with Crippen molar-refractivity contribution in [1.29, 1.82) is 0 Å².